The lowest BCUT2D eigenvalue weighted by molar-refractivity contribution is 0.109. The zero-order valence-corrected chi connectivity index (χ0v) is 13.7. The van der Waals surface area contributed by atoms with Crippen molar-refractivity contribution in [3.8, 4) is 5.75 Å². The van der Waals surface area contributed by atoms with Crippen LogP contribution in [0.1, 0.15) is 25.8 Å². The van der Waals surface area contributed by atoms with E-state index in [4.69, 9.17) is 15.2 Å². The van der Waals surface area contributed by atoms with Crippen LogP contribution in [-0.2, 0) is 11.2 Å². The summed E-state index contributed by atoms with van der Waals surface area (Å²) in [4.78, 5) is 2.41. The van der Waals surface area contributed by atoms with Crippen LogP contribution in [0.5, 0.6) is 5.75 Å². The first-order chi connectivity index (χ1) is 10.2. The van der Waals surface area contributed by atoms with Gasteiger partial charge in [0.15, 0.2) is 0 Å². The maximum atomic E-state index is 5.83. The second-order valence-electron chi connectivity index (χ2n) is 5.32. The molecule has 0 heterocycles. The van der Waals surface area contributed by atoms with E-state index in [1.165, 1.54) is 5.56 Å². The summed E-state index contributed by atoms with van der Waals surface area (Å²) in [6, 6.07) is 8.76. The van der Waals surface area contributed by atoms with Gasteiger partial charge in [0.2, 0.25) is 0 Å². The van der Waals surface area contributed by atoms with Crippen LogP contribution in [0, 0.1) is 0 Å². The van der Waals surface area contributed by atoms with Gasteiger partial charge in [-0.1, -0.05) is 19.1 Å². The highest BCUT2D eigenvalue weighted by atomic mass is 16.5. The van der Waals surface area contributed by atoms with E-state index in [0.717, 1.165) is 38.3 Å². The average Bonchev–Trinajstić information content (AvgIpc) is 2.51. The van der Waals surface area contributed by atoms with Crippen LogP contribution in [0.2, 0.25) is 0 Å². The molecule has 1 aromatic rings. The molecule has 120 valence electrons. The molecule has 4 heteroatoms. The van der Waals surface area contributed by atoms with Gasteiger partial charge in [-0.2, -0.15) is 0 Å². The Labute approximate surface area is 129 Å². The number of benzene rings is 1. The van der Waals surface area contributed by atoms with E-state index in [0.29, 0.717) is 19.2 Å². The maximum absolute atomic E-state index is 5.83. The first-order valence-corrected chi connectivity index (χ1v) is 7.86. The average molecular weight is 294 g/mol. The fourth-order valence-electron chi connectivity index (χ4n) is 2.22. The van der Waals surface area contributed by atoms with E-state index in [1.54, 1.807) is 7.11 Å². The Morgan fingerprint density at radius 3 is 2.38 bits per heavy atom. The minimum atomic E-state index is 0.552. The van der Waals surface area contributed by atoms with E-state index in [1.807, 2.05) is 12.1 Å². The fraction of sp³-hybridized carbons (Fsp3) is 0.647. The molecule has 4 nitrogen and oxygen atoms in total. The van der Waals surface area contributed by atoms with Crippen LogP contribution in [0.15, 0.2) is 24.3 Å². The van der Waals surface area contributed by atoms with Gasteiger partial charge < -0.3 is 15.2 Å². The number of nitrogens with zero attached hydrogens (tertiary/aromatic N) is 1. The van der Waals surface area contributed by atoms with Gasteiger partial charge in [0, 0.05) is 26.2 Å². The van der Waals surface area contributed by atoms with Crippen molar-refractivity contribution in [1.82, 2.24) is 4.90 Å². The highest BCUT2D eigenvalue weighted by Gasteiger charge is 2.11. The highest BCUT2D eigenvalue weighted by molar-refractivity contribution is 5.27. The van der Waals surface area contributed by atoms with Gasteiger partial charge in [0.05, 0.1) is 6.61 Å². The lowest BCUT2D eigenvalue weighted by atomic mass is 10.1. The number of hydrogen-bond acceptors (Lipinski definition) is 4. The summed E-state index contributed by atoms with van der Waals surface area (Å²) >= 11 is 0. The van der Waals surface area contributed by atoms with Gasteiger partial charge in [0.25, 0.3) is 0 Å². The summed E-state index contributed by atoms with van der Waals surface area (Å²) in [5.41, 5.74) is 6.80. The van der Waals surface area contributed by atoms with Crippen molar-refractivity contribution in [2.75, 3.05) is 40.0 Å². The van der Waals surface area contributed by atoms with E-state index >= 15 is 0 Å². The highest BCUT2D eigenvalue weighted by Crippen LogP contribution is 2.12. The lowest BCUT2D eigenvalue weighted by Crippen LogP contribution is -2.38. The number of ether oxygens (including phenoxy) is 2. The van der Waals surface area contributed by atoms with Crippen molar-refractivity contribution < 1.29 is 9.47 Å². The smallest absolute Gasteiger partial charge is 0.119 e. The van der Waals surface area contributed by atoms with Crippen LogP contribution in [0.3, 0.4) is 0 Å². The minimum absolute atomic E-state index is 0.552. The summed E-state index contributed by atoms with van der Waals surface area (Å²) in [7, 11) is 1.74. The minimum Gasteiger partial charge on any atom is -0.492 e. The SMILES string of the molecule is CCC(C)N(CCOC)CCOc1ccc(CCN)cc1. The van der Waals surface area contributed by atoms with Crippen molar-refractivity contribution >= 4 is 0 Å². The van der Waals surface area contributed by atoms with Crippen molar-refractivity contribution in [3.63, 3.8) is 0 Å². The summed E-state index contributed by atoms with van der Waals surface area (Å²) < 4.78 is 11.0. The summed E-state index contributed by atoms with van der Waals surface area (Å²) in [6.45, 7) is 8.47. The molecule has 0 aliphatic carbocycles. The molecular formula is C17H30N2O2. The molecule has 0 aromatic heterocycles. The van der Waals surface area contributed by atoms with Crippen LogP contribution >= 0.6 is 0 Å². The lowest BCUT2D eigenvalue weighted by Gasteiger charge is -2.27. The standard InChI is InChI=1S/C17H30N2O2/c1-4-15(2)19(11-13-20-3)12-14-21-17-7-5-16(6-8-17)9-10-18/h5-8,15H,4,9-14,18H2,1-3H3. The predicted molar refractivity (Wildman–Crippen MR) is 87.9 cm³/mol. The normalized spacial score (nSPS) is 12.6. The third kappa shape index (κ3) is 6.93. The monoisotopic (exact) mass is 294 g/mol. The number of rotatable bonds is 11. The van der Waals surface area contributed by atoms with E-state index < -0.39 is 0 Å². The molecule has 0 saturated carbocycles. The van der Waals surface area contributed by atoms with Gasteiger partial charge in [-0.3, -0.25) is 4.90 Å². The Balaban J connectivity index is 2.38. The van der Waals surface area contributed by atoms with E-state index in [-0.39, 0.29) is 0 Å². The Hall–Kier alpha value is -1.10. The van der Waals surface area contributed by atoms with E-state index in [9.17, 15) is 0 Å². The molecule has 1 rings (SSSR count). The Morgan fingerprint density at radius 1 is 1.14 bits per heavy atom. The number of methoxy groups -OCH3 is 1. The Morgan fingerprint density at radius 2 is 1.81 bits per heavy atom. The summed E-state index contributed by atoms with van der Waals surface area (Å²) in [6.07, 6.45) is 2.05. The van der Waals surface area contributed by atoms with Crippen LogP contribution in [-0.4, -0.2) is 50.9 Å². The Bertz CT molecular complexity index is 368. The summed E-state index contributed by atoms with van der Waals surface area (Å²) in [5.74, 6) is 0.923. The number of nitrogens with two attached hydrogens (primary N) is 1. The molecule has 1 aromatic carbocycles. The molecule has 0 fully saturated rings. The van der Waals surface area contributed by atoms with Gasteiger partial charge in [-0.15, -0.1) is 0 Å². The number of hydrogen-bond donors (Lipinski definition) is 1. The van der Waals surface area contributed by atoms with E-state index in [2.05, 4.69) is 30.9 Å². The van der Waals surface area contributed by atoms with Gasteiger partial charge in [0.1, 0.15) is 12.4 Å². The molecule has 0 radical (unpaired) electrons. The molecule has 0 bridgehead atoms. The second kappa shape index (κ2) is 10.6. The quantitative estimate of drug-likeness (QED) is 0.680. The van der Waals surface area contributed by atoms with Crippen molar-refractivity contribution in [1.29, 1.82) is 0 Å². The zero-order valence-electron chi connectivity index (χ0n) is 13.7. The molecule has 1 unspecified atom stereocenters. The van der Waals surface area contributed by atoms with Gasteiger partial charge in [-0.25, -0.2) is 0 Å². The summed E-state index contributed by atoms with van der Waals surface area (Å²) in [5, 5.41) is 0. The molecule has 0 amide bonds. The van der Waals surface area contributed by atoms with Crippen LogP contribution in [0.25, 0.3) is 0 Å². The molecule has 21 heavy (non-hydrogen) atoms. The van der Waals surface area contributed by atoms with Crippen LogP contribution < -0.4 is 10.5 Å². The molecule has 1 atom stereocenters. The molecule has 0 saturated heterocycles. The first kappa shape index (κ1) is 18.0. The molecule has 2 N–H and O–H groups in total. The largest absolute Gasteiger partial charge is 0.492 e. The van der Waals surface area contributed by atoms with Gasteiger partial charge >= 0.3 is 0 Å². The van der Waals surface area contributed by atoms with Crippen molar-refractivity contribution in [3.05, 3.63) is 29.8 Å². The van der Waals surface area contributed by atoms with Crippen molar-refractivity contribution in [2.24, 2.45) is 5.73 Å². The predicted octanol–water partition coefficient (Wildman–Crippen LogP) is 2.31. The zero-order chi connectivity index (χ0) is 15.5. The molecule has 0 aliphatic rings. The topological polar surface area (TPSA) is 47.7 Å². The third-order valence-corrected chi connectivity index (χ3v) is 3.80. The molecule has 0 spiro atoms. The van der Waals surface area contributed by atoms with Crippen molar-refractivity contribution in [2.45, 2.75) is 32.7 Å². The Kier molecular flexibility index (Phi) is 9.06. The van der Waals surface area contributed by atoms with Gasteiger partial charge in [-0.05, 0) is 44.0 Å². The third-order valence-electron chi connectivity index (χ3n) is 3.80. The maximum Gasteiger partial charge on any atom is 0.119 e. The first-order valence-electron chi connectivity index (χ1n) is 7.86. The van der Waals surface area contributed by atoms with Crippen LogP contribution in [0.4, 0.5) is 0 Å². The molecular weight excluding hydrogens is 264 g/mol. The second-order valence-corrected chi connectivity index (χ2v) is 5.32. The fourth-order valence-corrected chi connectivity index (χ4v) is 2.22. The molecule has 0 aliphatic heterocycles.